The second kappa shape index (κ2) is 2.32. The number of rotatable bonds is 0. The number of ether oxygens (including phenoxy) is 3. The fourth-order valence-corrected chi connectivity index (χ4v) is 2.55. The Morgan fingerprint density at radius 2 is 2.17 bits per heavy atom. The van der Waals surface area contributed by atoms with E-state index in [-0.39, 0.29) is 12.2 Å². The third-order valence-corrected chi connectivity index (χ3v) is 3.38. The Morgan fingerprint density at radius 3 is 2.67 bits per heavy atom. The van der Waals surface area contributed by atoms with Crippen molar-refractivity contribution < 1.29 is 14.2 Å². The minimum atomic E-state index is -0.443. The molecular weight excluding hydrogens is 224 g/mol. The zero-order valence-electron chi connectivity index (χ0n) is 6.46. The molecule has 0 N–H and O–H groups in total. The summed E-state index contributed by atoms with van der Waals surface area (Å²) in [4.78, 5) is 0. The molecule has 4 heteroatoms. The van der Waals surface area contributed by atoms with Gasteiger partial charge in [0.2, 0.25) is 5.79 Å². The van der Waals surface area contributed by atoms with Crippen molar-refractivity contribution in [1.82, 2.24) is 0 Å². The van der Waals surface area contributed by atoms with Crippen LogP contribution in [0.1, 0.15) is 6.42 Å². The van der Waals surface area contributed by atoms with Crippen molar-refractivity contribution >= 4 is 15.9 Å². The average molecular weight is 233 g/mol. The first kappa shape index (κ1) is 7.50. The van der Waals surface area contributed by atoms with Gasteiger partial charge in [-0.25, -0.2) is 0 Å². The summed E-state index contributed by atoms with van der Waals surface area (Å²) in [7, 11) is 0. The van der Waals surface area contributed by atoms with E-state index in [0.29, 0.717) is 13.2 Å². The van der Waals surface area contributed by atoms with Gasteiger partial charge >= 0.3 is 0 Å². The van der Waals surface area contributed by atoms with E-state index in [4.69, 9.17) is 14.2 Å². The molecule has 0 aromatic carbocycles. The molecule has 3 heterocycles. The Hall–Kier alpha value is 0.1000. The maximum atomic E-state index is 5.63. The van der Waals surface area contributed by atoms with Crippen molar-refractivity contribution in [3.8, 4) is 0 Å². The van der Waals surface area contributed by atoms with Crippen LogP contribution in [0, 0.1) is 0 Å². The van der Waals surface area contributed by atoms with Crippen LogP contribution in [0.5, 0.6) is 0 Å². The molecule has 3 aliphatic rings. The van der Waals surface area contributed by atoms with Crippen LogP contribution in [0.2, 0.25) is 0 Å². The summed E-state index contributed by atoms with van der Waals surface area (Å²) >= 11 is 3.45. The zero-order chi connectivity index (χ0) is 8.18. The monoisotopic (exact) mass is 232 g/mol. The summed E-state index contributed by atoms with van der Waals surface area (Å²) in [5.74, 6) is -0.443. The molecule has 3 aliphatic heterocycles. The second-order valence-corrected chi connectivity index (χ2v) is 4.23. The molecule has 3 rings (SSSR count). The van der Waals surface area contributed by atoms with Crippen molar-refractivity contribution in [2.45, 2.75) is 24.4 Å². The molecule has 3 nitrogen and oxygen atoms in total. The standard InChI is InChI=1S/C8H9BrO3/c9-5-3-7-8(4-6(5)12-7)10-1-2-11-8/h3,6-7H,1-2,4H2/t6-,7+/m0/s1. The van der Waals surface area contributed by atoms with Gasteiger partial charge in [0.05, 0.1) is 19.3 Å². The van der Waals surface area contributed by atoms with Crippen LogP contribution in [-0.4, -0.2) is 31.2 Å². The lowest BCUT2D eigenvalue weighted by atomic mass is 10.0. The molecule has 0 saturated carbocycles. The second-order valence-electron chi connectivity index (χ2n) is 3.31. The van der Waals surface area contributed by atoms with Gasteiger partial charge in [-0.05, 0) is 6.08 Å². The summed E-state index contributed by atoms with van der Waals surface area (Å²) < 4.78 is 17.9. The van der Waals surface area contributed by atoms with Crippen LogP contribution in [0.25, 0.3) is 0 Å². The molecule has 0 aromatic rings. The smallest absolute Gasteiger partial charge is 0.201 e. The topological polar surface area (TPSA) is 27.7 Å². The highest BCUT2D eigenvalue weighted by molar-refractivity contribution is 9.11. The minimum absolute atomic E-state index is 0.000579. The summed E-state index contributed by atoms with van der Waals surface area (Å²) in [6.07, 6.45) is 3.03. The van der Waals surface area contributed by atoms with Crippen molar-refractivity contribution in [3.63, 3.8) is 0 Å². The quantitative estimate of drug-likeness (QED) is 0.628. The lowest BCUT2D eigenvalue weighted by Crippen LogP contribution is -2.39. The van der Waals surface area contributed by atoms with Crippen LogP contribution in [0.3, 0.4) is 0 Å². The van der Waals surface area contributed by atoms with E-state index in [9.17, 15) is 0 Å². The first-order valence-corrected chi connectivity index (χ1v) is 4.90. The van der Waals surface area contributed by atoms with Crippen LogP contribution < -0.4 is 0 Å². The Bertz CT molecular complexity index is 245. The largest absolute Gasteiger partial charge is 0.360 e. The summed E-state index contributed by atoms with van der Waals surface area (Å²) in [6, 6.07) is 0. The van der Waals surface area contributed by atoms with Crippen LogP contribution in [0.15, 0.2) is 10.6 Å². The van der Waals surface area contributed by atoms with E-state index in [0.717, 1.165) is 10.9 Å². The minimum Gasteiger partial charge on any atom is -0.360 e. The molecule has 1 spiro atoms. The van der Waals surface area contributed by atoms with Gasteiger partial charge in [0.1, 0.15) is 6.10 Å². The van der Waals surface area contributed by atoms with E-state index >= 15 is 0 Å². The molecule has 0 amide bonds. The molecule has 2 atom stereocenters. The molecule has 2 fully saturated rings. The zero-order valence-corrected chi connectivity index (χ0v) is 8.04. The lowest BCUT2D eigenvalue weighted by Gasteiger charge is -2.26. The van der Waals surface area contributed by atoms with Gasteiger partial charge in [-0.3, -0.25) is 0 Å². The lowest BCUT2D eigenvalue weighted by molar-refractivity contribution is -0.175. The van der Waals surface area contributed by atoms with Crippen molar-refractivity contribution in [1.29, 1.82) is 0 Å². The molecular formula is C8H9BrO3. The van der Waals surface area contributed by atoms with Crippen molar-refractivity contribution in [3.05, 3.63) is 10.6 Å². The molecule has 2 saturated heterocycles. The van der Waals surface area contributed by atoms with Gasteiger partial charge < -0.3 is 14.2 Å². The first-order chi connectivity index (χ1) is 5.80. The van der Waals surface area contributed by atoms with Gasteiger partial charge in [-0.15, -0.1) is 0 Å². The van der Waals surface area contributed by atoms with Crippen molar-refractivity contribution in [2.24, 2.45) is 0 Å². The highest BCUT2D eigenvalue weighted by Gasteiger charge is 2.56. The van der Waals surface area contributed by atoms with Gasteiger partial charge in [0, 0.05) is 10.9 Å². The maximum absolute atomic E-state index is 5.63. The predicted molar refractivity (Wildman–Crippen MR) is 44.9 cm³/mol. The first-order valence-electron chi connectivity index (χ1n) is 4.11. The van der Waals surface area contributed by atoms with Gasteiger partial charge in [-0.2, -0.15) is 0 Å². The van der Waals surface area contributed by atoms with E-state index in [1.807, 2.05) is 6.08 Å². The van der Waals surface area contributed by atoms with Gasteiger partial charge in [-0.1, -0.05) is 15.9 Å². The third kappa shape index (κ3) is 0.812. The fourth-order valence-electron chi connectivity index (χ4n) is 2.04. The number of halogens is 1. The summed E-state index contributed by atoms with van der Waals surface area (Å²) in [5, 5.41) is 0. The van der Waals surface area contributed by atoms with E-state index in [2.05, 4.69) is 15.9 Å². The Balaban J connectivity index is 1.93. The molecule has 0 radical (unpaired) electrons. The number of hydrogen-bond donors (Lipinski definition) is 0. The summed E-state index contributed by atoms with van der Waals surface area (Å²) in [5.41, 5.74) is 0. The van der Waals surface area contributed by atoms with Crippen molar-refractivity contribution in [2.75, 3.05) is 13.2 Å². The van der Waals surface area contributed by atoms with E-state index in [1.54, 1.807) is 0 Å². The predicted octanol–water partition coefficient (Wildman–Crippen LogP) is 1.18. The third-order valence-electron chi connectivity index (χ3n) is 2.61. The molecule has 0 aliphatic carbocycles. The van der Waals surface area contributed by atoms with Gasteiger partial charge in [0.15, 0.2) is 0 Å². The van der Waals surface area contributed by atoms with Crippen LogP contribution >= 0.6 is 15.9 Å². The van der Waals surface area contributed by atoms with Crippen LogP contribution in [0.4, 0.5) is 0 Å². The maximum Gasteiger partial charge on any atom is 0.201 e. The molecule has 12 heavy (non-hydrogen) atoms. The molecule has 0 unspecified atom stereocenters. The fraction of sp³-hybridized carbons (Fsp3) is 0.750. The average Bonchev–Trinajstić information content (AvgIpc) is 2.68. The van der Waals surface area contributed by atoms with Gasteiger partial charge in [0.25, 0.3) is 0 Å². The SMILES string of the molecule is BrC1=C[C@H]2O[C@H]1CC21OCCO1. The van der Waals surface area contributed by atoms with Crippen LogP contribution in [-0.2, 0) is 14.2 Å². The highest BCUT2D eigenvalue weighted by Crippen LogP contribution is 2.47. The van der Waals surface area contributed by atoms with E-state index in [1.165, 1.54) is 0 Å². The highest BCUT2D eigenvalue weighted by atomic mass is 79.9. The Kier molecular flexibility index (Phi) is 1.45. The normalized spacial score (nSPS) is 42.6. The number of hydrogen-bond acceptors (Lipinski definition) is 3. The molecule has 66 valence electrons. The summed E-state index contributed by atoms with van der Waals surface area (Å²) in [6.45, 7) is 1.38. The molecule has 2 bridgehead atoms. The molecule has 0 aromatic heterocycles. The Morgan fingerprint density at radius 1 is 1.42 bits per heavy atom. The number of fused-ring (bicyclic) bond motifs is 3. The van der Waals surface area contributed by atoms with E-state index < -0.39 is 5.79 Å². The Labute approximate surface area is 78.8 Å².